The third-order valence-corrected chi connectivity index (χ3v) is 6.38. The van der Waals surface area contributed by atoms with E-state index < -0.39 is 0 Å². The van der Waals surface area contributed by atoms with E-state index in [0.29, 0.717) is 41.8 Å². The summed E-state index contributed by atoms with van der Waals surface area (Å²) in [6, 6.07) is 22.1. The zero-order valence-corrected chi connectivity index (χ0v) is 19.9. The van der Waals surface area contributed by atoms with Crippen molar-refractivity contribution in [1.29, 1.82) is 0 Å². The first-order chi connectivity index (χ1) is 16.4. The first-order valence-corrected chi connectivity index (χ1v) is 11.6. The van der Waals surface area contributed by atoms with E-state index in [9.17, 15) is 14.4 Å². The van der Waals surface area contributed by atoms with Crippen LogP contribution in [0.1, 0.15) is 20.7 Å². The molecule has 34 heavy (non-hydrogen) atoms. The van der Waals surface area contributed by atoms with Gasteiger partial charge in [0.2, 0.25) is 5.91 Å². The Labute approximate surface area is 208 Å². The van der Waals surface area contributed by atoms with Crippen LogP contribution in [0.4, 0.5) is 0 Å². The number of benzene rings is 3. The number of carbonyl (C=O) groups is 3. The summed E-state index contributed by atoms with van der Waals surface area (Å²) < 4.78 is 0. The normalized spacial score (nSPS) is 13.5. The minimum atomic E-state index is -0.310. The Balaban J connectivity index is 1.27. The zero-order chi connectivity index (χ0) is 24.1. The van der Waals surface area contributed by atoms with Crippen molar-refractivity contribution in [3.05, 3.63) is 94.0 Å². The highest BCUT2D eigenvalue weighted by Crippen LogP contribution is 2.26. The van der Waals surface area contributed by atoms with Crippen LogP contribution in [0.15, 0.2) is 72.8 Å². The molecule has 4 rings (SSSR count). The Bertz CT molecular complexity index is 1170. The van der Waals surface area contributed by atoms with Gasteiger partial charge in [-0.1, -0.05) is 71.7 Å². The smallest absolute Gasteiger partial charge is 0.257 e. The molecule has 0 aliphatic carbocycles. The molecule has 0 saturated carbocycles. The van der Waals surface area contributed by atoms with E-state index in [1.54, 1.807) is 40.1 Å². The van der Waals surface area contributed by atoms with Crippen molar-refractivity contribution in [2.75, 3.05) is 32.7 Å². The maximum Gasteiger partial charge on any atom is 0.257 e. The lowest BCUT2D eigenvalue weighted by Gasteiger charge is -2.35. The number of piperazine rings is 1. The van der Waals surface area contributed by atoms with Crippen LogP contribution in [0.2, 0.25) is 10.0 Å². The largest absolute Gasteiger partial charge is 0.343 e. The van der Waals surface area contributed by atoms with Gasteiger partial charge in [0.05, 0.1) is 22.2 Å². The molecule has 6 nitrogen and oxygen atoms in total. The summed E-state index contributed by atoms with van der Waals surface area (Å²) in [5, 5.41) is 3.29. The van der Waals surface area contributed by atoms with Crippen molar-refractivity contribution in [2.45, 2.75) is 0 Å². The van der Waals surface area contributed by atoms with Crippen LogP contribution in [0.3, 0.4) is 0 Å². The van der Waals surface area contributed by atoms with Crippen molar-refractivity contribution in [2.24, 2.45) is 0 Å². The first-order valence-electron chi connectivity index (χ1n) is 10.9. The van der Waals surface area contributed by atoms with Gasteiger partial charge in [0.15, 0.2) is 0 Å². The van der Waals surface area contributed by atoms with E-state index in [2.05, 4.69) is 5.32 Å². The van der Waals surface area contributed by atoms with E-state index >= 15 is 0 Å². The number of hydrogen-bond acceptors (Lipinski definition) is 3. The molecule has 1 aliphatic rings. The molecule has 3 aromatic rings. The Morgan fingerprint density at radius 1 is 0.706 bits per heavy atom. The van der Waals surface area contributed by atoms with Crippen molar-refractivity contribution in [1.82, 2.24) is 15.1 Å². The van der Waals surface area contributed by atoms with Gasteiger partial charge >= 0.3 is 0 Å². The first kappa shape index (κ1) is 23.8. The van der Waals surface area contributed by atoms with Gasteiger partial charge in [-0.3, -0.25) is 14.4 Å². The summed E-state index contributed by atoms with van der Waals surface area (Å²) in [4.78, 5) is 41.1. The van der Waals surface area contributed by atoms with Crippen molar-refractivity contribution < 1.29 is 14.4 Å². The number of carbonyl (C=O) groups excluding carboxylic acids is 3. The lowest BCUT2D eigenvalue weighted by Crippen LogP contribution is -2.52. The lowest BCUT2D eigenvalue weighted by atomic mass is 10.0. The zero-order valence-electron chi connectivity index (χ0n) is 18.3. The van der Waals surface area contributed by atoms with E-state index in [0.717, 1.165) is 11.1 Å². The SMILES string of the molecule is O=C(NCC(=O)N1CCN(C(=O)c2c(Cl)cccc2Cl)CC1)c1ccc(-c2ccccc2)cc1. The summed E-state index contributed by atoms with van der Waals surface area (Å²) >= 11 is 12.3. The van der Waals surface area contributed by atoms with Gasteiger partial charge in [-0.2, -0.15) is 0 Å². The van der Waals surface area contributed by atoms with Crippen molar-refractivity contribution in [3.8, 4) is 11.1 Å². The van der Waals surface area contributed by atoms with E-state index in [-0.39, 0.29) is 29.8 Å². The molecule has 0 atom stereocenters. The summed E-state index contributed by atoms with van der Waals surface area (Å²) in [5.74, 6) is -0.762. The van der Waals surface area contributed by atoms with Crippen LogP contribution in [0, 0.1) is 0 Å². The molecule has 0 radical (unpaired) electrons. The second-order valence-electron chi connectivity index (χ2n) is 7.90. The van der Waals surface area contributed by atoms with Crippen molar-refractivity contribution in [3.63, 3.8) is 0 Å². The molecule has 3 aromatic carbocycles. The van der Waals surface area contributed by atoms with Gasteiger partial charge in [-0.15, -0.1) is 0 Å². The van der Waals surface area contributed by atoms with E-state index in [4.69, 9.17) is 23.2 Å². The summed E-state index contributed by atoms with van der Waals surface area (Å²) in [6.45, 7) is 1.36. The second kappa shape index (κ2) is 10.7. The van der Waals surface area contributed by atoms with Crippen LogP contribution in [-0.4, -0.2) is 60.2 Å². The molecule has 8 heteroatoms. The van der Waals surface area contributed by atoms with Gasteiger partial charge in [0.25, 0.3) is 11.8 Å². The minimum absolute atomic E-state index is 0.108. The highest BCUT2D eigenvalue weighted by molar-refractivity contribution is 6.39. The molecule has 1 saturated heterocycles. The molecule has 1 N–H and O–H groups in total. The fourth-order valence-electron chi connectivity index (χ4n) is 3.83. The summed E-state index contributed by atoms with van der Waals surface area (Å²) in [6.07, 6.45) is 0. The maximum absolute atomic E-state index is 12.8. The molecule has 0 aromatic heterocycles. The lowest BCUT2D eigenvalue weighted by molar-refractivity contribution is -0.131. The molecule has 0 unspecified atom stereocenters. The van der Waals surface area contributed by atoms with E-state index in [1.807, 2.05) is 42.5 Å². The van der Waals surface area contributed by atoms with Gasteiger partial charge in [0, 0.05) is 31.7 Å². The third-order valence-electron chi connectivity index (χ3n) is 5.75. The topological polar surface area (TPSA) is 69.7 Å². The molecular weight excluding hydrogens is 473 g/mol. The third kappa shape index (κ3) is 5.41. The highest BCUT2D eigenvalue weighted by Gasteiger charge is 2.27. The Morgan fingerprint density at radius 3 is 1.88 bits per heavy atom. The number of rotatable bonds is 5. The molecule has 0 spiro atoms. The van der Waals surface area contributed by atoms with Crippen LogP contribution >= 0.6 is 23.2 Å². The Hall–Kier alpha value is -3.35. The highest BCUT2D eigenvalue weighted by atomic mass is 35.5. The molecule has 3 amide bonds. The summed E-state index contributed by atoms with van der Waals surface area (Å²) in [7, 11) is 0. The standard InChI is InChI=1S/C26H23Cl2N3O3/c27-21-7-4-8-22(28)24(21)26(34)31-15-13-30(14-16-31)23(32)17-29-25(33)20-11-9-19(10-12-20)18-5-2-1-3-6-18/h1-12H,13-17H2,(H,29,33). The monoisotopic (exact) mass is 495 g/mol. The molecule has 174 valence electrons. The fourth-order valence-corrected chi connectivity index (χ4v) is 4.39. The number of nitrogens with one attached hydrogen (secondary N) is 1. The number of hydrogen-bond donors (Lipinski definition) is 1. The van der Waals surface area contributed by atoms with Gasteiger partial charge in [0.1, 0.15) is 0 Å². The predicted molar refractivity (Wildman–Crippen MR) is 133 cm³/mol. The predicted octanol–water partition coefficient (Wildman–Crippen LogP) is 4.37. The average Bonchev–Trinajstić information content (AvgIpc) is 2.87. The second-order valence-corrected chi connectivity index (χ2v) is 8.71. The Morgan fingerprint density at radius 2 is 1.26 bits per heavy atom. The van der Waals surface area contributed by atoms with Crippen molar-refractivity contribution >= 4 is 40.9 Å². The number of amides is 3. The number of nitrogens with zero attached hydrogens (tertiary/aromatic N) is 2. The van der Waals surface area contributed by atoms with Crippen LogP contribution in [-0.2, 0) is 4.79 Å². The quantitative estimate of drug-likeness (QED) is 0.570. The average molecular weight is 496 g/mol. The van der Waals surface area contributed by atoms with Crippen LogP contribution in [0.25, 0.3) is 11.1 Å². The van der Waals surface area contributed by atoms with Crippen LogP contribution < -0.4 is 5.32 Å². The molecular formula is C26H23Cl2N3O3. The molecule has 1 heterocycles. The fraction of sp³-hybridized carbons (Fsp3) is 0.192. The van der Waals surface area contributed by atoms with Gasteiger partial charge in [-0.05, 0) is 35.4 Å². The summed E-state index contributed by atoms with van der Waals surface area (Å²) in [5.41, 5.74) is 2.84. The molecule has 0 bridgehead atoms. The molecule has 1 aliphatic heterocycles. The molecule has 1 fully saturated rings. The van der Waals surface area contributed by atoms with Gasteiger partial charge < -0.3 is 15.1 Å². The van der Waals surface area contributed by atoms with Crippen LogP contribution in [0.5, 0.6) is 0 Å². The Kier molecular flexibility index (Phi) is 7.50. The van der Waals surface area contributed by atoms with E-state index in [1.165, 1.54) is 0 Å². The maximum atomic E-state index is 12.8. The minimum Gasteiger partial charge on any atom is -0.343 e. The van der Waals surface area contributed by atoms with Gasteiger partial charge in [-0.25, -0.2) is 0 Å². The number of halogens is 2.